The van der Waals surface area contributed by atoms with Crippen molar-refractivity contribution in [2.24, 2.45) is 0 Å². The van der Waals surface area contributed by atoms with Gasteiger partial charge in [-0.15, -0.1) is 0 Å². The SMILES string of the molecule is COc1ccc(Nc2nc(Cl)c3c(n2)CCN(Cc2ccccc2)C3)cc1F. The zero-order valence-electron chi connectivity index (χ0n) is 15.5. The van der Waals surface area contributed by atoms with Gasteiger partial charge in [-0.25, -0.2) is 14.4 Å². The smallest absolute Gasteiger partial charge is 0.228 e. The van der Waals surface area contributed by atoms with Crippen molar-refractivity contribution in [1.82, 2.24) is 14.9 Å². The number of methoxy groups -OCH3 is 1. The molecule has 0 unspecified atom stereocenters. The van der Waals surface area contributed by atoms with Gasteiger partial charge in [0.1, 0.15) is 5.15 Å². The highest BCUT2D eigenvalue weighted by Gasteiger charge is 2.22. The summed E-state index contributed by atoms with van der Waals surface area (Å²) in [6, 6.07) is 15.0. The minimum absolute atomic E-state index is 0.188. The average Bonchev–Trinajstić information content (AvgIpc) is 2.69. The minimum Gasteiger partial charge on any atom is -0.494 e. The monoisotopic (exact) mass is 398 g/mol. The molecule has 0 aliphatic carbocycles. The van der Waals surface area contributed by atoms with Gasteiger partial charge in [0.2, 0.25) is 5.95 Å². The van der Waals surface area contributed by atoms with E-state index in [1.165, 1.54) is 18.7 Å². The number of anilines is 2. The van der Waals surface area contributed by atoms with Crippen LogP contribution in [0.2, 0.25) is 5.15 Å². The number of aromatic nitrogens is 2. The van der Waals surface area contributed by atoms with Crippen LogP contribution in [0.1, 0.15) is 16.8 Å². The van der Waals surface area contributed by atoms with Gasteiger partial charge < -0.3 is 10.1 Å². The molecule has 1 aromatic heterocycles. The molecule has 0 bridgehead atoms. The molecule has 0 amide bonds. The first-order chi connectivity index (χ1) is 13.6. The third-order valence-electron chi connectivity index (χ3n) is 4.75. The van der Waals surface area contributed by atoms with Crippen LogP contribution in [-0.2, 0) is 19.5 Å². The van der Waals surface area contributed by atoms with Crippen LogP contribution in [0.5, 0.6) is 5.75 Å². The quantitative estimate of drug-likeness (QED) is 0.637. The van der Waals surface area contributed by atoms with Gasteiger partial charge in [0.15, 0.2) is 11.6 Å². The number of nitrogens with zero attached hydrogens (tertiary/aromatic N) is 3. The van der Waals surface area contributed by atoms with Gasteiger partial charge in [-0.05, 0) is 17.7 Å². The number of nitrogens with one attached hydrogen (secondary N) is 1. The zero-order valence-corrected chi connectivity index (χ0v) is 16.2. The normalized spacial score (nSPS) is 13.8. The number of ether oxygens (including phenoxy) is 1. The molecule has 4 rings (SSSR count). The van der Waals surface area contributed by atoms with E-state index in [1.54, 1.807) is 12.1 Å². The molecule has 0 saturated heterocycles. The van der Waals surface area contributed by atoms with Gasteiger partial charge in [0.05, 0.1) is 12.8 Å². The van der Waals surface area contributed by atoms with Crippen LogP contribution >= 0.6 is 11.6 Å². The largest absolute Gasteiger partial charge is 0.494 e. The van der Waals surface area contributed by atoms with Gasteiger partial charge in [-0.1, -0.05) is 41.9 Å². The van der Waals surface area contributed by atoms with Crippen molar-refractivity contribution in [2.75, 3.05) is 19.0 Å². The molecule has 28 heavy (non-hydrogen) atoms. The average molecular weight is 399 g/mol. The van der Waals surface area contributed by atoms with Crippen molar-refractivity contribution >= 4 is 23.2 Å². The van der Waals surface area contributed by atoms with E-state index in [2.05, 4.69) is 32.3 Å². The standard InChI is InChI=1S/C21H20ClFN4O/c1-28-19-8-7-15(11-17(19)23)24-21-25-18-9-10-27(13-16(18)20(22)26-21)12-14-5-3-2-4-6-14/h2-8,11H,9-10,12-13H2,1H3,(H,24,25,26). The lowest BCUT2D eigenvalue weighted by Gasteiger charge is -2.28. The number of halogens is 2. The van der Waals surface area contributed by atoms with E-state index >= 15 is 0 Å². The molecule has 1 aliphatic heterocycles. The highest BCUT2D eigenvalue weighted by atomic mass is 35.5. The number of benzene rings is 2. The fourth-order valence-corrected chi connectivity index (χ4v) is 3.58. The van der Waals surface area contributed by atoms with Gasteiger partial charge in [0.25, 0.3) is 0 Å². The van der Waals surface area contributed by atoms with Crippen LogP contribution in [-0.4, -0.2) is 28.5 Å². The van der Waals surface area contributed by atoms with Crippen LogP contribution in [0.25, 0.3) is 0 Å². The lowest BCUT2D eigenvalue weighted by atomic mass is 10.1. The van der Waals surface area contributed by atoms with Crippen LogP contribution in [0.4, 0.5) is 16.0 Å². The Morgan fingerprint density at radius 3 is 2.75 bits per heavy atom. The topological polar surface area (TPSA) is 50.3 Å². The van der Waals surface area contributed by atoms with E-state index in [-0.39, 0.29) is 5.75 Å². The Balaban J connectivity index is 1.50. The van der Waals surface area contributed by atoms with Gasteiger partial charge in [0, 0.05) is 43.4 Å². The third kappa shape index (κ3) is 4.08. The van der Waals surface area contributed by atoms with Crippen molar-refractivity contribution in [3.63, 3.8) is 0 Å². The van der Waals surface area contributed by atoms with Gasteiger partial charge in [-0.2, -0.15) is 0 Å². The molecule has 3 aromatic rings. The number of fused-ring (bicyclic) bond motifs is 1. The molecule has 0 saturated carbocycles. The molecule has 0 atom stereocenters. The summed E-state index contributed by atoms with van der Waals surface area (Å²) in [5.41, 5.74) is 3.69. The minimum atomic E-state index is -0.451. The summed E-state index contributed by atoms with van der Waals surface area (Å²) in [6.45, 7) is 2.47. The molecule has 5 nitrogen and oxygen atoms in total. The Labute approximate surface area is 168 Å². The predicted octanol–water partition coefficient (Wildman–Crippen LogP) is 4.58. The Hall–Kier alpha value is -2.70. The highest BCUT2D eigenvalue weighted by molar-refractivity contribution is 6.30. The van der Waals surface area contributed by atoms with E-state index in [0.29, 0.717) is 23.3 Å². The molecular weight excluding hydrogens is 379 g/mol. The fraction of sp³-hybridized carbons (Fsp3) is 0.238. The maximum atomic E-state index is 13.9. The van der Waals surface area contributed by atoms with E-state index in [9.17, 15) is 4.39 Å². The van der Waals surface area contributed by atoms with Gasteiger partial charge in [-0.3, -0.25) is 4.90 Å². The molecule has 0 radical (unpaired) electrons. The molecule has 0 fully saturated rings. The molecule has 0 spiro atoms. The maximum absolute atomic E-state index is 13.9. The van der Waals surface area contributed by atoms with Crippen molar-refractivity contribution in [3.05, 3.63) is 76.3 Å². The summed E-state index contributed by atoms with van der Waals surface area (Å²) >= 11 is 6.45. The molecular formula is C21H20ClFN4O. The Morgan fingerprint density at radius 1 is 1.18 bits per heavy atom. The van der Waals surface area contributed by atoms with Crippen molar-refractivity contribution < 1.29 is 9.13 Å². The zero-order chi connectivity index (χ0) is 19.5. The first kappa shape index (κ1) is 18.7. The second-order valence-corrected chi connectivity index (χ2v) is 7.04. The fourth-order valence-electron chi connectivity index (χ4n) is 3.34. The summed E-state index contributed by atoms with van der Waals surface area (Å²) in [5.74, 6) is 0.103. The summed E-state index contributed by atoms with van der Waals surface area (Å²) in [4.78, 5) is 11.3. The van der Waals surface area contributed by atoms with Crippen LogP contribution < -0.4 is 10.1 Å². The molecule has 7 heteroatoms. The first-order valence-corrected chi connectivity index (χ1v) is 9.42. The van der Waals surface area contributed by atoms with E-state index in [0.717, 1.165) is 30.8 Å². The second kappa shape index (κ2) is 8.12. The first-order valence-electron chi connectivity index (χ1n) is 9.04. The molecule has 1 aliphatic rings. The number of hydrogen-bond acceptors (Lipinski definition) is 5. The molecule has 2 aromatic carbocycles. The van der Waals surface area contributed by atoms with E-state index < -0.39 is 5.82 Å². The summed E-state index contributed by atoms with van der Waals surface area (Å²) < 4.78 is 18.8. The number of rotatable bonds is 5. The lowest BCUT2D eigenvalue weighted by molar-refractivity contribution is 0.243. The van der Waals surface area contributed by atoms with Gasteiger partial charge >= 0.3 is 0 Å². The van der Waals surface area contributed by atoms with Crippen LogP contribution in [0, 0.1) is 5.82 Å². The molecule has 144 valence electrons. The van der Waals surface area contributed by atoms with Crippen molar-refractivity contribution in [2.45, 2.75) is 19.5 Å². The third-order valence-corrected chi connectivity index (χ3v) is 5.06. The molecule has 1 N–H and O–H groups in total. The van der Waals surface area contributed by atoms with Crippen molar-refractivity contribution in [1.29, 1.82) is 0 Å². The lowest BCUT2D eigenvalue weighted by Crippen LogP contribution is -2.31. The highest BCUT2D eigenvalue weighted by Crippen LogP contribution is 2.28. The van der Waals surface area contributed by atoms with E-state index in [1.807, 2.05) is 18.2 Å². The Bertz CT molecular complexity index is 984. The van der Waals surface area contributed by atoms with E-state index in [4.69, 9.17) is 16.3 Å². The Kier molecular flexibility index (Phi) is 5.41. The van der Waals surface area contributed by atoms with Crippen molar-refractivity contribution in [3.8, 4) is 5.75 Å². The van der Waals surface area contributed by atoms with Crippen LogP contribution in [0.3, 0.4) is 0 Å². The van der Waals surface area contributed by atoms with Crippen LogP contribution in [0.15, 0.2) is 48.5 Å². The molecule has 2 heterocycles. The summed E-state index contributed by atoms with van der Waals surface area (Å²) in [7, 11) is 1.43. The summed E-state index contributed by atoms with van der Waals surface area (Å²) in [5, 5.41) is 3.45. The predicted molar refractivity (Wildman–Crippen MR) is 108 cm³/mol. The second-order valence-electron chi connectivity index (χ2n) is 6.68. The Morgan fingerprint density at radius 2 is 2.00 bits per heavy atom. The maximum Gasteiger partial charge on any atom is 0.228 e. The summed E-state index contributed by atoms with van der Waals surface area (Å²) in [6.07, 6.45) is 0.788. The number of hydrogen-bond donors (Lipinski definition) is 1.